The summed E-state index contributed by atoms with van der Waals surface area (Å²) in [6, 6.07) is 13.4. The van der Waals surface area contributed by atoms with Gasteiger partial charge in [-0.05, 0) is 41.8 Å². The van der Waals surface area contributed by atoms with Crippen molar-refractivity contribution < 1.29 is 9.90 Å². The number of amides is 1. The Morgan fingerprint density at radius 3 is 2.94 bits per heavy atom. The number of aromatic amines is 1. The van der Waals surface area contributed by atoms with Crippen LogP contribution in [0.15, 0.2) is 53.5 Å². The van der Waals surface area contributed by atoms with Gasteiger partial charge in [-0.3, -0.25) is 14.5 Å². The van der Waals surface area contributed by atoms with Crippen molar-refractivity contribution in [3.05, 3.63) is 75.7 Å². The van der Waals surface area contributed by atoms with Gasteiger partial charge in [-0.1, -0.05) is 37.0 Å². The van der Waals surface area contributed by atoms with Crippen LogP contribution in [0.5, 0.6) is 0 Å². The number of nitrogens with zero attached hydrogens (tertiary/aromatic N) is 3. The molecule has 2 heterocycles. The monoisotopic (exact) mass is 458 g/mol. The van der Waals surface area contributed by atoms with Crippen LogP contribution in [0.4, 0.5) is 0 Å². The molecular formula is C27H30N4O3. The van der Waals surface area contributed by atoms with Crippen LogP contribution in [-0.2, 0) is 11.2 Å². The molecule has 4 rings (SSSR count). The highest BCUT2D eigenvalue weighted by molar-refractivity contribution is 5.81. The highest BCUT2D eigenvalue weighted by Crippen LogP contribution is 2.25. The summed E-state index contributed by atoms with van der Waals surface area (Å²) < 4.78 is 0. The summed E-state index contributed by atoms with van der Waals surface area (Å²) in [5, 5.41) is 10.0. The van der Waals surface area contributed by atoms with Crippen LogP contribution in [-0.4, -0.2) is 63.6 Å². The lowest BCUT2D eigenvalue weighted by Crippen LogP contribution is -2.39. The van der Waals surface area contributed by atoms with Gasteiger partial charge in [-0.2, -0.15) is 0 Å². The van der Waals surface area contributed by atoms with Crippen LogP contribution < -0.4 is 5.56 Å². The number of carbonyl (C=O) groups is 1. The third kappa shape index (κ3) is 5.71. The zero-order valence-electron chi connectivity index (χ0n) is 19.6. The summed E-state index contributed by atoms with van der Waals surface area (Å²) in [6.07, 6.45) is 2.66. The molecule has 1 fully saturated rings. The molecule has 2 N–H and O–H groups in total. The van der Waals surface area contributed by atoms with Crippen molar-refractivity contribution in [3.63, 3.8) is 0 Å². The second-order valence-corrected chi connectivity index (χ2v) is 8.78. The number of aliphatic hydroxyl groups excluding tert-OH is 1. The molecule has 1 amide bonds. The lowest BCUT2D eigenvalue weighted by atomic mass is 10.0. The molecule has 2 atom stereocenters. The Bertz CT molecular complexity index is 1290. The van der Waals surface area contributed by atoms with Gasteiger partial charge in [0, 0.05) is 38.7 Å². The van der Waals surface area contributed by atoms with Crippen molar-refractivity contribution in [1.29, 1.82) is 0 Å². The van der Waals surface area contributed by atoms with Gasteiger partial charge < -0.3 is 15.0 Å². The molecule has 176 valence electrons. The molecule has 1 aromatic heterocycles. The summed E-state index contributed by atoms with van der Waals surface area (Å²) >= 11 is 0. The molecule has 0 saturated carbocycles. The van der Waals surface area contributed by atoms with E-state index in [2.05, 4.69) is 32.8 Å². The molecular weight excluding hydrogens is 428 g/mol. The van der Waals surface area contributed by atoms with Gasteiger partial charge in [-0.15, -0.1) is 0 Å². The molecule has 0 aliphatic carbocycles. The first-order valence-electron chi connectivity index (χ1n) is 11.7. The number of aliphatic hydroxyl groups is 1. The topological polar surface area (TPSA) is 89.5 Å². The fourth-order valence-corrected chi connectivity index (χ4v) is 4.36. The SMILES string of the molecule is CCC#Cc1cccc([C@@H](CN2CC[C@H](O)C2)N(C)C(=O)Cc2ccc3ncc(=O)[nH]c3c2)c1. The first-order valence-corrected chi connectivity index (χ1v) is 11.7. The standard InChI is InChI=1S/C27H30N4O3/c1-3-4-6-19-7-5-8-21(13-19)25(18-31-12-11-22(32)17-31)30(2)27(34)15-20-9-10-23-24(14-20)29-26(33)16-28-23/h5,7-10,13-14,16,22,25,32H,3,11-12,15,17-18H2,1-2H3,(H,29,33)/t22-,25+/m0/s1. The Hall–Kier alpha value is -3.47. The number of β-amino-alcohol motifs (C(OH)–C–C–N with tert-alkyl or cyclic N) is 1. The number of fused-ring (bicyclic) bond motifs is 1. The number of H-pyrrole nitrogens is 1. The fourth-order valence-electron chi connectivity index (χ4n) is 4.36. The van der Waals surface area contributed by atoms with Crippen molar-refractivity contribution in [2.75, 3.05) is 26.7 Å². The van der Waals surface area contributed by atoms with E-state index >= 15 is 0 Å². The number of hydrogen-bond donors (Lipinski definition) is 2. The smallest absolute Gasteiger partial charge is 0.266 e. The van der Waals surface area contributed by atoms with Crippen molar-refractivity contribution in [1.82, 2.24) is 19.8 Å². The second-order valence-electron chi connectivity index (χ2n) is 8.78. The van der Waals surface area contributed by atoms with Gasteiger partial charge >= 0.3 is 0 Å². The zero-order chi connectivity index (χ0) is 24.1. The lowest BCUT2D eigenvalue weighted by molar-refractivity contribution is -0.131. The number of benzene rings is 2. The average molecular weight is 459 g/mol. The second kappa shape index (κ2) is 10.6. The number of hydrogen-bond acceptors (Lipinski definition) is 5. The van der Waals surface area contributed by atoms with Gasteiger partial charge in [0.05, 0.1) is 35.8 Å². The molecule has 2 aromatic carbocycles. The highest BCUT2D eigenvalue weighted by atomic mass is 16.3. The molecule has 1 saturated heterocycles. The van der Waals surface area contributed by atoms with Crippen molar-refractivity contribution in [2.45, 2.75) is 38.3 Å². The van der Waals surface area contributed by atoms with Crippen molar-refractivity contribution in [3.8, 4) is 11.8 Å². The summed E-state index contributed by atoms with van der Waals surface area (Å²) in [5.41, 5.74) is 3.78. The first-order chi connectivity index (χ1) is 16.4. The summed E-state index contributed by atoms with van der Waals surface area (Å²) in [5.74, 6) is 6.26. The minimum Gasteiger partial charge on any atom is -0.392 e. The molecule has 0 unspecified atom stereocenters. The summed E-state index contributed by atoms with van der Waals surface area (Å²) in [7, 11) is 1.83. The Balaban J connectivity index is 1.58. The van der Waals surface area contributed by atoms with Crippen LogP contribution in [0.2, 0.25) is 0 Å². The van der Waals surface area contributed by atoms with Crippen LogP contribution in [0.25, 0.3) is 11.0 Å². The van der Waals surface area contributed by atoms with Gasteiger partial charge in [0.2, 0.25) is 5.91 Å². The Labute approximate surface area is 199 Å². The Morgan fingerprint density at radius 2 is 2.18 bits per heavy atom. The van der Waals surface area contributed by atoms with Gasteiger partial charge in [-0.25, -0.2) is 4.98 Å². The molecule has 34 heavy (non-hydrogen) atoms. The summed E-state index contributed by atoms with van der Waals surface area (Å²) in [6.45, 7) is 4.07. The van der Waals surface area contributed by atoms with Crippen LogP contribution in [0.1, 0.15) is 42.5 Å². The lowest BCUT2D eigenvalue weighted by Gasteiger charge is -2.32. The van der Waals surface area contributed by atoms with E-state index in [1.54, 1.807) is 4.90 Å². The van der Waals surface area contributed by atoms with Gasteiger partial charge in [0.1, 0.15) is 0 Å². The molecule has 0 spiro atoms. The van der Waals surface area contributed by atoms with E-state index in [1.807, 2.05) is 50.4 Å². The van der Waals surface area contributed by atoms with Gasteiger partial charge in [0.15, 0.2) is 0 Å². The number of likely N-dealkylation sites (N-methyl/N-ethyl adjacent to an activating group) is 1. The van der Waals surface area contributed by atoms with Crippen LogP contribution in [0.3, 0.4) is 0 Å². The van der Waals surface area contributed by atoms with E-state index in [-0.39, 0.29) is 30.0 Å². The molecule has 1 aliphatic heterocycles. The van der Waals surface area contributed by atoms with E-state index < -0.39 is 0 Å². The maximum absolute atomic E-state index is 13.4. The van der Waals surface area contributed by atoms with Gasteiger partial charge in [0.25, 0.3) is 5.56 Å². The molecule has 1 aliphatic rings. The van der Waals surface area contributed by atoms with E-state index in [0.717, 1.165) is 36.1 Å². The number of likely N-dealkylation sites (tertiary alicyclic amines) is 1. The number of nitrogens with one attached hydrogen (secondary N) is 1. The van der Waals surface area contributed by atoms with Crippen LogP contribution in [0, 0.1) is 11.8 Å². The minimum atomic E-state index is -0.322. The number of rotatable bonds is 6. The van der Waals surface area contributed by atoms with Crippen LogP contribution >= 0.6 is 0 Å². The molecule has 7 heteroatoms. The highest BCUT2D eigenvalue weighted by Gasteiger charge is 2.28. The Morgan fingerprint density at radius 1 is 1.32 bits per heavy atom. The van der Waals surface area contributed by atoms with E-state index in [1.165, 1.54) is 6.20 Å². The van der Waals surface area contributed by atoms with E-state index in [9.17, 15) is 14.7 Å². The molecule has 7 nitrogen and oxygen atoms in total. The van der Waals surface area contributed by atoms with E-state index in [4.69, 9.17) is 0 Å². The summed E-state index contributed by atoms with van der Waals surface area (Å²) in [4.78, 5) is 35.9. The average Bonchev–Trinajstić information content (AvgIpc) is 3.25. The predicted molar refractivity (Wildman–Crippen MR) is 132 cm³/mol. The van der Waals surface area contributed by atoms with Crippen molar-refractivity contribution in [2.24, 2.45) is 0 Å². The Kier molecular flexibility index (Phi) is 7.41. The molecule has 0 bridgehead atoms. The van der Waals surface area contributed by atoms with E-state index in [0.29, 0.717) is 24.1 Å². The molecule has 0 radical (unpaired) electrons. The largest absolute Gasteiger partial charge is 0.392 e. The maximum Gasteiger partial charge on any atom is 0.266 e. The quantitative estimate of drug-likeness (QED) is 0.554. The fraction of sp³-hybridized carbons (Fsp3) is 0.370. The normalized spacial score (nSPS) is 16.7. The first kappa shape index (κ1) is 23.7. The number of carbonyl (C=O) groups excluding carboxylic acids is 1. The zero-order valence-corrected chi connectivity index (χ0v) is 19.6. The third-order valence-electron chi connectivity index (χ3n) is 6.22. The maximum atomic E-state index is 13.4. The number of aromatic nitrogens is 2. The van der Waals surface area contributed by atoms with Crippen molar-refractivity contribution >= 4 is 16.9 Å². The minimum absolute atomic E-state index is 0.0274. The third-order valence-corrected chi connectivity index (χ3v) is 6.22. The predicted octanol–water partition coefficient (Wildman–Crippen LogP) is 2.49. The molecule has 3 aromatic rings.